The first-order valence-electron chi connectivity index (χ1n) is 6.83. The van der Waals surface area contributed by atoms with E-state index in [1.165, 1.54) is 0 Å². The molecule has 0 amide bonds. The van der Waals surface area contributed by atoms with E-state index in [1.54, 1.807) is 0 Å². The van der Waals surface area contributed by atoms with Gasteiger partial charge < -0.3 is 9.47 Å². The third-order valence-corrected chi connectivity index (χ3v) is 4.50. The molecule has 1 saturated carbocycles. The van der Waals surface area contributed by atoms with E-state index in [0.29, 0.717) is 19.4 Å². The van der Waals surface area contributed by atoms with Gasteiger partial charge >= 0.3 is 6.36 Å². The monoisotopic (exact) mass is 294 g/mol. The van der Waals surface area contributed by atoms with Crippen LogP contribution in [0.1, 0.15) is 26.2 Å². The predicted octanol–water partition coefficient (Wildman–Crippen LogP) is 2.06. The second-order valence-electron chi connectivity index (χ2n) is 5.96. The summed E-state index contributed by atoms with van der Waals surface area (Å²) in [4.78, 5) is 11.8. The molecule has 2 saturated heterocycles. The Hall–Kier alpha value is -0.660. The van der Waals surface area contributed by atoms with Crippen LogP contribution in [0.15, 0.2) is 0 Å². The average molecular weight is 294 g/mol. The second-order valence-corrected chi connectivity index (χ2v) is 5.96. The summed E-state index contributed by atoms with van der Waals surface area (Å²) in [6.45, 7) is 2.11. The summed E-state index contributed by atoms with van der Waals surface area (Å²) < 4.78 is 50.4. The molecule has 2 aliphatic heterocycles. The Morgan fingerprint density at radius 2 is 2.15 bits per heavy atom. The van der Waals surface area contributed by atoms with Crippen molar-refractivity contribution in [3.8, 4) is 0 Å². The predicted molar refractivity (Wildman–Crippen MR) is 60.9 cm³/mol. The Bertz CT molecular complexity index is 405. The van der Waals surface area contributed by atoms with E-state index in [1.807, 2.05) is 6.92 Å². The zero-order chi connectivity index (χ0) is 14.5. The summed E-state index contributed by atoms with van der Waals surface area (Å²) in [6, 6.07) is 0. The van der Waals surface area contributed by atoms with Crippen LogP contribution in [-0.4, -0.2) is 43.2 Å². The number of ether oxygens (including phenoxy) is 3. The highest BCUT2D eigenvalue weighted by Gasteiger charge is 2.63. The van der Waals surface area contributed by atoms with Crippen LogP contribution in [0.25, 0.3) is 0 Å². The number of hydrogen-bond acceptors (Lipinski definition) is 4. The Morgan fingerprint density at radius 3 is 2.75 bits per heavy atom. The summed E-state index contributed by atoms with van der Waals surface area (Å²) in [5, 5.41) is 0. The standard InChI is InChI=1S/C13H17F3O4/c1-7-5-12(6-19-12)8(4-9(7)17)11-10(20-11)2-3-18-13(14,15)16/h7-8,10-11H,2-6H2,1H3/t7-,8?,10+,11-,12-/m0/s1. The summed E-state index contributed by atoms with van der Waals surface area (Å²) in [5.74, 6) is 0.179. The minimum absolute atomic E-state index is 0.000451. The molecule has 0 N–H and O–H groups in total. The van der Waals surface area contributed by atoms with Gasteiger partial charge in [-0.05, 0) is 12.8 Å². The Morgan fingerprint density at radius 1 is 1.45 bits per heavy atom. The van der Waals surface area contributed by atoms with Crippen LogP contribution in [0.2, 0.25) is 0 Å². The van der Waals surface area contributed by atoms with Crippen molar-refractivity contribution in [3.63, 3.8) is 0 Å². The van der Waals surface area contributed by atoms with Crippen LogP contribution < -0.4 is 0 Å². The molecular weight excluding hydrogens is 277 g/mol. The second kappa shape index (κ2) is 4.68. The molecular formula is C13H17F3O4. The highest BCUT2D eigenvalue weighted by Crippen LogP contribution is 2.53. The lowest BCUT2D eigenvalue weighted by Crippen LogP contribution is -2.40. The molecule has 1 unspecified atom stereocenters. The molecule has 5 atom stereocenters. The fourth-order valence-corrected chi connectivity index (χ4v) is 3.26. The van der Waals surface area contributed by atoms with Crippen molar-refractivity contribution in [2.45, 2.75) is 50.4 Å². The maximum atomic E-state index is 11.9. The Labute approximate surface area is 114 Å². The molecule has 114 valence electrons. The van der Waals surface area contributed by atoms with Crippen LogP contribution in [0, 0.1) is 11.8 Å². The molecule has 0 aromatic rings. The van der Waals surface area contributed by atoms with Crippen LogP contribution in [-0.2, 0) is 19.0 Å². The quantitative estimate of drug-likeness (QED) is 0.745. The molecule has 1 spiro atoms. The topological polar surface area (TPSA) is 51.4 Å². The van der Waals surface area contributed by atoms with Gasteiger partial charge in [-0.2, -0.15) is 0 Å². The summed E-state index contributed by atoms with van der Waals surface area (Å²) in [6.07, 6.45) is -3.71. The highest BCUT2D eigenvalue weighted by atomic mass is 19.4. The lowest BCUT2D eigenvalue weighted by Gasteiger charge is -2.30. The van der Waals surface area contributed by atoms with Gasteiger partial charge in [-0.3, -0.25) is 9.53 Å². The van der Waals surface area contributed by atoms with Gasteiger partial charge in [0, 0.05) is 18.3 Å². The van der Waals surface area contributed by atoms with Gasteiger partial charge in [0.15, 0.2) is 0 Å². The number of hydrogen-bond donors (Lipinski definition) is 0. The van der Waals surface area contributed by atoms with Gasteiger partial charge in [0.05, 0.1) is 31.0 Å². The van der Waals surface area contributed by atoms with Crippen LogP contribution in [0.4, 0.5) is 13.2 Å². The third kappa shape index (κ3) is 2.84. The molecule has 0 aromatic heterocycles. The van der Waals surface area contributed by atoms with Gasteiger partial charge in [0.1, 0.15) is 5.78 Å². The normalized spacial score (nSPS) is 43.9. The van der Waals surface area contributed by atoms with Crippen LogP contribution in [0.3, 0.4) is 0 Å². The van der Waals surface area contributed by atoms with Crippen molar-refractivity contribution in [3.05, 3.63) is 0 Å². The summed E-state index contributed by atoms with van der Waals surface area (Å²) >= 11 is 0. The van der Waals surface area contributed by atoms with Crippen molar-refractivity contribution in [2.24, 2.45) is 11.8 Å². The van der Waals surface area contributed by atoms with E-state index in [9.17, 15) is 18.0 Å². The van der Waals surface area contributed by atoms with Crippen LogP contribution in [0.5, 0.6) is 0 Å². The number of carbonyl (C=O) groups is 1. The molecule has 3 aliphatic rings. The minimum atomic E-state index is -4.60. The Balaban J connectivity index is 1.50. The zero-order valence-corrected chi connectivity index (χ0v) is 11.1. The molecule has 3 rings (SSSR count). The van der Waals surface area contributed by atoms with E-state index in [2.05, 4.69) is 4.74 Å². The average Bonchev–Trinajstić information content (AvgIpc) is 3.21. The van der Waals surface area contributed by atoms with E-state index in [-0.39, 0.29) is 41.8 Å². The molecule has 0 aromatic carbocycles. The van der Waals surface area contributed by atoms with Gasteiger partial charge in [0.2, 0.25) is 0 Å². The molecule has 3 fully saturated rings. The maximum Gasteiger partial charge on any atom is 0.522 e. The van der Waals surface area contributed by atoms with Crippen molar-refractivity contribution < 1.29 is 32.2 Å². The molecule has 4 nitrogen and oxygen atoms in total. The molecule has 7 heteroatoms. The third-order valence-electron chi connectivity index (χ3n) is 4.50. The molecule has 0 radical (unpaired) electrons. The van der Waals surface area contributed by atoms with E-state index < -0.39 is 13.0 Å². The highest BCUT2D eigenvalue weighted by molar-refractivity contribution is 5.82. The molecule has 0 bridgehead atoms. The number of ketones is 1. The maximum absolute atomic E-state index is 11.9. The van der Waals surface area contributed by atoms with Crippen LogP contribution >= 0.6 is 0 Å². The minimum Gasteiger partial charge on any atom is -0.369 e. The number of Topliss-reactive ketones (excluding diaryl/α,β-unsaturated/α-hetero) is 1. The fraction of sp³-hybridized carbons (Fsp3) is 0.923. The lowest BCUT2D eigenvalue weighted by atomic mass is 9.72. The largest absolute Gasteiger partial charge is 0.522 e. The van der Waals surface area contributed by atoms with Gasteiger partial charge in [0.25, 0.3) is 0 Å². The number of epoxide rings is 2. The van der Waals surface area contributed by atoms with E-state index in [4.69, 9.17) is 9.47 Å². The van der Waals surface area contributed by atoms with Gasteiger partial charge in [-0.1, -0.05) is 6.92 Å². The SMILES string of the molecule is C[C@H]1C[C@]2(CO2)C([C@@H]2O[C@@H]2CCOC(F)(F)F)CC1=O. The summed E-state index contributed by atoms with van der Waals surface area (Å²) in [7, 11) is 0. The number of alkyl halides is 3. The molecule has 20 heavy (non-hydrogen) atoms. The van der Waals surface area contributed by atoms with Gasteiger partial charge in [-0.25, -0.2) is 0 Å². The lowest BCUT2D eigenvalue weighted by molar-refractivity contribution is -0.324. The smallest absolute Gasteiger partial charge is 0.369 e. The first kappa shape index (κ1) is 14.3. The molecule has 1 aliphatic carbocycles. The van der Waals surface area contributed by atoms with Crippen molar-refractivity contribution in [1.29, 1.82) is 0 Å². The van der Waals surface area contributed by atoms with Crippen molar-refractivity contribution in [1.82, 2.24) is 0 Å². The van der Waals surface area contributed by atoms with Gasteiger partial charge in [-0.15, -0.1) is 13.2 Å². The fourth-order valence-electron chi connectivity index (χ4n) is 3.26. The first-order valence-corrected chi connectivity index (χ1v) is 6.83. The van der Waals surface area contributed by atoms with E-state index >= 15 is 0 Å². The number of halogens is 3. The summed E-state index contributed by atoms with van der Waals surface area (Å²) in [5.41, 5.74) is -0.266. The first-order chi connectivity index (χ1) is 9.31. The Kier molecular flexibility index (Phi) is 3.34. The molecule has 2 heterocycles. The van der Waals surface area contributed by atoms with E-state index in [0.717, 1.165) is 0 Å². The number of carbonyl (C=O) groups excluding carboxylic acids is 1. The number of rotatable bonds is 4. The van der Waals surface area contributed by atoms with Crippen molar-refractivity contribution in [2.75, 3.05) is 13.2 Å². The van der Waals surface area contributed by atoms with Crippen molar-refractivity contribution >= 4 is 5.78 Å². The zero-order valence-electron chi connectivity index (χ0n) is 11.1.